The molecule has 0 saturated heterocycles. The summed E-state index contributed by atoms with van der Waals surface area (Å²) >= 11 is 3.27. The van der Waals surface area contributed by atoms with Crippen molar-refractivity contribution in [3.05, 3.63) is 29.6 Å². The van der Waals surface area contributed by atoms with E-state index in [9.17, 15) is 0 Å². The fraction of sp³-hybridized carbons (Fsp3) is 0.462. The lowest BCUT2D eigenvalue weighted by Gasteiger charge is -2.05. The molecule has 2 heterocycles. The lowest BCUT2D eigenvalue weighted by Crippen LogP contribution is -1.95. The van der Waals surface area contributed by atoms with Crippen LogP contribution in [0.2, 0.25) is 0 Å². The second-order valence-corrected chi connectivity index (χ2v) is 6.60. The maximum atomic E-state index is 4.65. The molecule has 6 heteroatoms. The van der Waals surface area contributed by atoms with Crippen LogP contribution in [0.5, 0.6) is 0 Å². The number of hydrogen-bond donors (Lipinski definition) is 1. The van der Waals surface area contributed by atoms with Crippen molar-refractivity contribution in [2.45, 2.75) is 36.8 Å². The fourth-order valence-corrected chi connectivity index (χ4v) is 3.25. The number of aromatic nitrogens is 3. The van der Waals surface area contributed by atoms with E-state index in [-0.39, 0.29) is 0 Å². The molecule has 0 bridgehead atoms. The van der Waals surface area contributed by atoms with Gasteiger partial charge in [-0.25, -0.2) is 0 Å². The van der Waals surface area contributed by atoms with Crippen LogP contribution in [-0.4, -0.2) is 21.7 Å². The Bertz CT molecular complexity index is 525. The van der Waals surface area contributed by atoms with Gasteiger partial charge in [0, 0.05) is 18.0 Å². The second kappa shape index (κ2) is 6.86. The first-order valence-electron chi connectivity index (χ1n) is 6.35. The molecule has 0 aliphatic rings. The highest BCUT2D eigenvalue weighted by Gasteiger charge is 2.06. The zero-order valence-electron chi connectivity index (χ0n) is 11.4. The number of anilines is 1. The molecular formula is C13H18N4S2. The summed E-state index contributed by atoms with van der Waals surface area (Å²) in [7, 11) is 0. The van der Waals surface area contributed by atoms with Crippen molar-refractivity contribution in [2.24, 2.45) is 0 Å². The second-order valence-electron chi connectivity index (χ2n) is 4.40. The van der Waals surface area contributed by atoms with Crippen LogP contribution in [0, 0.1) is 0 Å². The molecule has 0 spiro atoms. The summed E-state index contributed by atoms with van der Waals surface area (Å²) in [5.74, 6) is 1.30. The maximum absolute atomic E-state index is 4.65. The van der Waals surface area contributed by atoms with Crippen molar-refractivity contribution in [3.8, 4) is 0 Å². The largest absolute Gasteiger partial charge is 0.360 e. The third-order valence-electron chi connectivity index (χ3n) is 2.50. The molecule has 4 nitrogen and oxygen atoms in total. The van der Waals surface area contributed by atoms with Gasteiger partial charge in [-0.2, -0.15) is 0 Å². The third kappa shape index (κ3) is 4.18. The molecule has 0 amide bonds. The van der Waals surface area contributed by atoms with Gasteiger partial charge in [0.05, 0.1) is 5.69 Å². The quantitative estimate of drug-likeness (QED) is 0.822. The highest BCUT2D eigenvalue weighted by molar-refractivity contribution is 8.00. The maximum Gasteiger partial charge on any atom is 0.206 e. The van der Waals surface area contributed by atoms with Gasteiger partial charge in [0.15, 0.2) is 4.34 Å². The summed E-state index contributed by atoms with van der Waals surface area (Å²) in [6.45, 7) is 7.24. The number of nitrogens with zero attached hydrogens (tertiary/aromatic N) is 3. The van der Waals surface area contributed by atoms with Gasteiger partial charge in [-0.15, -0.1) is 10.2 Å². The van der Waals surface area contributed by atoms with Gasteiger partial charge in [0.25, 0.3) is 0 Å². The topological polar surface area (TPSA) is 50.7 Å². The summed E-state index contributed by atoms with van der Waals surface area (Å²) in [4.78, 5) is 4.65. The highest BCUT2D eigenvalue weighted by Crippen LogP contribution is 2.28. The van der Waals surface area contributed by atoms with E-state index in [1.54, 1.807) is 23.1 Å². The number of thioether (sulfide) groups is 1. The molecule has 0 atom stereocenters. The molecule has 1 N–H and O–H groups in total. The van der Waals surface area contributed by atoms with E-state index in [4.69, 9.17) is 0 Å². The van der Waals surface area contributed by atoms with Gasteiger partial charge >= 0.3 is 0 Å². The van der Waals surface area contributed by atoms with Gasteiger partial charge < -0.3 is 5.32 Å². The predicted molar refractivity (Wildman–Crippen MR) is 82.0 cm³/mol. The molecule has 0 unspecified atom stereocenters. The molecule has 0 aromatic carbocycles. The summed E-state index contributed by atoms with van der Waals surface area (Å²) in [6.07, 6.45) is 0. The number of nitrogens with one attached hydrogen (secondary N) is 1. The summed E-state index contributed by atoms with van der Waals surface area (Å²) in [6, 6.07) is 6.21. The lowest BCUT2D eigenvalue weighted by molar-refractivity contribution is 0.814. The van der Waals surface area contributed by atoms with E-state index in [0.29, 0.717) is 5.92 Å². The van der Waals surface area contributed by atoms with E-state index in [2.05, 4.69) is 59.5 Å². The van der Waals surface area contributed by atoms with E-state index in [1.165, 1.54) is 0 Å². The average molecular weight is 294 g/mol. The van der Waals surface area contributed by atoms with Gasteiger partial charge in [-0.05, 0) is 25.0 Å². The molecule has 2 rings (SSSR count). The van der Waals surface area contributed by atoms with Crippen molar-refractivity contribution in [1.29, 1.82) is 0 Å². The zero-order valence-corrected chi connectivity index (χ0v) is 13.0. The molecular weight excluding hydrogens is 276 g/mol. The Morgan fingerprint density at radius 1 is 1.32 bits per heavy atom. The molecule has 2 aromatic rings. The summed E-state index contributed by atoms with van der Waals surface area (Å²) in [5.41, 5.74) is 2.24. The number of rotatable bonds is 6. The van der Waals surface area contributed by atoms with E-state index < -0.39 is 0 Å². The Morgan fingerprint density at radius 3 is 2.89 bits per heavy atom. The number of pyridine rings is 1. The van der Waals surface area contributed by atoms with Crippen LogP contribution in [0.25, 0.3) is 0 Å². The Hall–Kier alpha value is -1.14. The Kier molecular flexibility index (Phi) is 5.15. The van der Waals surface area contributed by atoms with Gasteiger partial charge in [0.2, 0.25) is 5.13 Å². The monoisotopic (exact) mass is 294 g/mol. The van der Waals surface area contributed by atoms with Gasteiger partial charge in [-0.1, -0.05) is 43.0 Å². The normalized spacial score (nSPS) is 10.9. The predicted octanol–water partition coefficient (Wildman–Crippen LogP) is 3.78. The summed E-state index contributed by atoms with van der Waals surface area (Å²) in [5, 5.41) is 12.3. The van der Waals surface area contributed by atoms with Crippen molar-refractivity contribution in [2.75, 3.05) is 11.9 Å². The van der Waals surface area contributed by atoms with Crippen LogP contribution >= 0.6 is 23.1 Å². The third-order valence-corrected chi connectivity index (χ3v) is 4.55. The average Bonchev–Trinajstić information content (AvgIpc) is 2.85. The Labute approximate surface area is 122 Å². The van der Waals surface area contributed by atoms with Crippen LogP contribution in [-0.2, 0) is 5.75 Å². The van der Waals surface area contributed by atoms with Gasteiger partial charge in [0.1, 0.15) is 0 Å². The van der Waals surface area contributed by atoms with E-state index in [1.807, 2.05) is 0 Å². The Morgan fingerprint density at radius 2 is 2.16 bits per heavy atom. The molecule has 0 fully saturated rings. The van der Waals surface area contributed by atoms with Crippen molar-refractivity contribution >= 4 is 28.2 Å². The van der Waals surface area contributed by atoms with Crippen LogP contribution in [0.1, 0.15) is 38.1 Å². The first kappa shape index (κ1) is 14.3. The summed E-state index contributed by atoms with van der Waals surface area (Å²) < 4.78 is 0.979. The van der Waals surface area contributed by atoms with E-state index in [0.717, 1.165) is 33.2 Å². The molecule has 2 aromatic heterocycles. The SMILES string of the molecule is CCNc1nnc(SCc2cccc(C(C)C)n2)s1. The molecule has 0 aliphatic carbocycles. The minimum atomic E-state index is 0.465. The standard InChI is InChI=1S/C13H18N4S2/c1-4-14-12-16-17-13(19-12)18-8-10-6-5-7-11(15-10)9(2)3/h5-7,9H,4,8H2,1-3H3,(H,14,16). The lowest BCUT2D eigenvalue weighted by atomic mass is 10.1. The molecule has 0 aliphatic heterocycles. The zero-order chi connectivity index (χ0) is 13.7. The van der Waals surface area contributed by atoms with E-state index >= 15 is 0 Å². The van der Waals surface area contributed by atoms with Crippen molar-refractivity contribution in [1.82, 2.24) is 15.2 Å². The van der Waals surface area contributed by atoms with Crippen LogP contribution in [0.3, 0.4) is 0 Å². The molecule has 0 saturated carbocycles. The molecule has 102 valence electrons. The van der Waals surface area contributed by atoms with Crippen LogP contribution in [0.15, 0.2) is 22.5 Å². The van der Waals surface area contributed by atoms with Crippen LogP contribution in [0.4, 0.5) is 5.13 Å². The highest BCUT2D eigenvalue weighted by atomic mass is 32.2. The first-order chi connectivity index (χ1) is 9.19. The fourth-order valence-electron chi connectivity index (χ4n) is 1.53. The molecule has 0 radical (unpaired) electrons. The minimum Gasteiger partial charge on any atom is -0.360 e. The van der Waals surface area contributed by atoms with Gasteiger partial charge in [-0.3, -0.25) is 4.98 Å². The molecule has 19 heavy (non-hydrogen) atoms. The van der Waals surface area contributed by atoms with Crippen LogP contribution < -0.4 is 5.32 Å². The van der Waals surface area contributed by atoms with Crippen molar-refractivity contribution in [3.63, 3.8) is 0 Å². The van der Waals surface area contributed by atoms with Crippen molar-refractivity contribution < 1.29 is 0 Å². The smallest absolute Gasteiger partial charge is 0.206 e. The first-order valence-corrected chi connectivity index (χ1v) is 8.15. The Balaban J connectivity index is 1.95. The number of hydrogen-bond acceptors (Lipinski definition) is 6. The minimum absolute atomic E-state index is 0.465.